The number of ether oxygens (including phenoxy) is 1. The number of carbonyl (C=O) groups is 1. The van der Waals surface area contributed by atoms with Crippen LogP contribution in [0.25, 0.3) is 6.08 Å². The molecule has 0 fully saturated rings. The van der Waals surface area contributed by atoms with E-state index in [-0.39, 0.29) is 30.3 Å². The molecular weight excluding hydrogens is 350 g/mol. The molecule has 0 radical (unpaired) electrons. The number of benzene rings is 2. The largest absolute Gasteiger partial charge is 0.490 e. The van der Waals surface area contributed by atoms with E-state index in [4.69, 9.17) is 11.6 Å². The topological polar surface area (TPSA) is 58.6 Å². The first-order valence-corrected chi connectivity index (χ1v) is 8.05. The molecule has 2 N–H and O–H groups in total. The second-order valence-electron chi connectivity index (χ2n) is 5.21. The molecule has 0 aliphatic carbocycles. The molecule has 0 bridgehead atoms. The summed E-state index contributed by atoms with van der Waals surface area (Å²) in [5.74, 6) is -0.673. The van der Waals surface area contributed by atoms with Crippen LogP contribution in [0.15, 0.2) is 60.7 Å². The monoisotopic (exact) mass is 380 g/mol. The SMILES string of the molecule is Cl.[2H]C([2H])(NCCC)C([2H])(O)C([2H])([2H])Oc1ccccc1C(=O)/C=C/c1ccccc1. The van der Waals surface area contributed by atoms with E-state index < -0.39 is 24.9 Å². The Bertz CT molecular complexity index is 892. The second-order valence-corrected chi connectivity index (χ2v) is 5.21. The van der Waals surface area contributed by atoms with Crippen LogP contribution in [-0.2, 0) is 0 Å². The number of hydrogen-bond acceptors (Lipinski definition) is 4. The van der Waals surface area contributed by atoms with Gasteiger partial charge >= 0.3 is 0 Å². The van der Waals surface area contributed by atoms with E-state index in [1.165, 1.54) is 24.3 Å². The first-order valence-electron chi connectivity index (χ1n) is 10.5. The summed E-state index contributed by atoms with van der Waals surface area (Å²) in [6.45, 7) is -4.08. The zero-order valence-corrected chi connectivity index (χ0v) is 15.3. The number of aliphatic hydroxyl groups is 1. The maximum Gasteiger partial charge on any atom is 0.189 e. The van der Waals surface area contributed by atoms with Crippen LogP contribution in [0.1, 0.15) is 36.1 Å². The lowest BCUT2D eigenvalue weighted by molar-refractivity contribution is 0.0995. The Balaban J connectivity index is 0.00000480. The van der Waals surface area contributed by atoms with Crippen molar-refractivity contribution in [3.05, 3.63) is 71.8 Å². The van der Waals surface area contributed by atoms with Crippen molar-refractivity contribution in [2.75, 3.05) is 19.6 Å². The quantitative estimate of drug-likeness (QED) is 0.487. The fourth-order valence-electron chi connectivity index (χ4n) is 1.99. The molecule has 4 nitrogen and oxygen atoms in total. The van der Waals surface area contributed by atoms with Crippen LogP contribution in [0.4, 0.5) is 0 Å². The van der Waals surface area contributed by atoms with Crippen molar-refractivity contribution in [1.29, 1.82) is 0 Å². The number of ketones is 1. The average molecular weight is 381 g/mol. The maximum absolute atomic E-state index is 12.6. The van der Waals surface area contributed by atoms with Crippen LogP contribution in [-0.4, -0.2) is 36.6 Å². The van der Waals surface area contributed by atoms with E-state index in [9.17, 15) is 9.90 Å². The number of allylic oxidation sites excluding steroid dienone is 1. The van der Waals surface area contributed by atoms with Crippen LogP contribution in [0.5, 0.6) is 5.75 Å². The van der Waals surface area contributed by atoms with E-state index in [1.807, 2.05) is 30.3 Å². The zero-order chi connectivity index (χ0) is 22.4. The molecule has 0 amide bonds. The Labute approximate surface area is 168 Å². The van der Waals surface area contributed by atoms with Crippen LogP contribution in [0.3, 0.4) is 0 Å². The van der Waals surface area contributed by atoms with Gasteiger partial charge in [-0.1, -0.05) is 55.5 Å². The fourth-order valence-corrected chi connectivity index (χ4v) is 1.99. The van der Waals surface area contributed by atoms with E-state index in [1.54, 1.807) is 19.1 Å². The van der Waals surface area contributed by atoms with E-state index in [0.29, 0.717) is 6.42 Å². The van der Waals surface area contributed by atoms with Crippen molar-refractivity contribution in [2.24, 2.45) is 0 Å². The number of para-hydroxylation sites is 1. The molecule has 2 aromatic carbocycles. The predicted octanol–water partition coefficient (Wildman–Crippen LogP) is 3.74. The van der Waals surface area contributed by atoms with Crippen molar-refractivity contribution < 1.29 is 21.5 Å². The van der Waals surface area contributed by atoms with E-state index in [2.05, 4.69) is 5.32 Å². The number of halogens is 1. The smallest absolute Gasteiger partial charge is 0.189 e. The van der Waals surface area contributed by atoms with E-state index in [0.717, 1.165) is 5.56 Å². The summed E-state index contributed by atoms with van der Waals surface area (Å²) in [6.07, 6.45) is 0.125. The molecule has 0 saturated heterocycles. The molecule has 2 aromatic rings. The Hall–Kier alpha value is -2.14. The van der Waals surface area contributed by atoms with Gasteiger partial charge in [-0.3, -0.25) is 4.79 Å². The molecule has 0 aromatic heterocycles. The molecule has 0 saturated carbocycles. The molecule has 1 atom stereocenters. The standard InChI is InChI=1S/C21H25NO3.ClH/c1-2-14-22-15-18(23)16-25-21-11-7-6-10-19(21)20(24)13-12-17-8-4-3-5-9-17;/h3-13,18,22-23H,2,14-16H2,1H3;1H/b13-12+;/i15D2,16D2,18D;. The minimum atomic E-state index is -3.30. The molecule has 26 heavy (non-hydrogen) atoms. The van der Waals surface area contributed by atoms with Crippen LogP contribution in [0, 0.1) is 0 Å². The lowest BCUT2D eigenvalue weighted by atomic mass is 10.1. The third-order valence-electron chi connectivity index (χ3n) is 3.22. The van der Waals surface area contributed by atoms with Gasteiger partial charge in [-0.05, 0) is 36.7 Å². The predicted molar refractivity (Wildman–Crippen MR) is 108 cm³/mol. The van der Waals surface area contributed by atoms with Gasteiger partial charge < -0.3 is 15.2 Å². The highest BCUT2D eigenvalue weighted by molar-refractivity contribution is 6.08. The zero-order valence-electron chi connectivity index (χ0n) is 19.4. The number of carbonyl (C=O) groups excluding carboxylic acids is 1. The first kappa shape index (κ1) is 15.0. The van der Waals surface area contributed by atoms with Crippen molar-refractivity contribution >= 4 is 24.3 Å². The Kier molecular flexibility index (Phi) is 7.05. The minimum Gasteiger partial charge on any atom is -0.490 e. The third kappa shape index (κ3) is 7.40. The summed E-state index contributed by atoms with van der Waals surface area (Å²) < 4.78 is 45.0. The molecule has 5 heteroatoms. The number of rotatable bonds is 10. The van der Waals surface area contributed by atoms with Gasteiger partial charge in [0.15, 0.2) is 5.78 Å². The van der Waals surface area contributed by atoms with Gasteiger partial charge in [-0.25, -0.2) is 0 Å². The molecule has 0 heterocycles. The van der Waals surface area contributed by atoms with Gasteiger partial charge in [0.1, 0.15) is 18.4 Å². The lowest BCUT2D eigenvalue weighted by Gasteiger charge is -2.14. The van der Waals surface area contributed by atoms with Crippen molar-refractivity contribution in [3.8, 4) is 5.75 Å². The number of hydrogen-bond donors (Lipinski definition) is 2. The summed E-state index contributed by atoms with van der Waals surface area (Å²) in [5.41, 5.74) is 0.821. The summed E-state index contributed by atoms with van der Waals surface area (Å²) in [7, 11) is 0. The minimum absolute atomic E-state index is 0. The first-order chi connectivity index (χ1) is 14.0. The Morgan fingerprint density at radius 1 is 1.27 bits per heavy atom. The van der Waals surface area contributed by atoms with E-state index >= 15 is 0 Å². The summed E-state index contributed by atoms with van der Waals surface area (Å²) in [6, 6.07) is 15.0. The van der Waals surface area contributed by atoms with Crippen molar-refractivity contribution in [3.63, 3.8) is 0 Å². The van der Waals surface area contributed by atoms with Gasteiger partial charge in [0.25, 0.3) is 0 Å². The van der Waals surface area contributed by atoms with Crippen molar-refractivity contribution in [1.82, 2.24) is 5.32 Å². The Morgan fingerprint density at radius 3 is 2.69 bits per heavy atom. The summed E-state index contributed by atoms with van der Waals surface area (Å²) >= 11 is 0. The highest BCUT2D eigenvalue weighted by Gasteiger charge is 2.11. The van der Waals surface area contributed by atoms with Gasteiger partial charge in [0, 0.05) is 9.24 Å². The van der Waals surface area contributed by atoms with Crippen LogP contribution < -0.4 is 10.1 Å². The molecule has 0 aliphatic heterocycles. The molecule has 0 aliphatic rings. The summed E-state index contributed by atoms with van der Waals surface area (Å²) in [4.78, 5) is 12.6. The van der Waals surface area contributed by atoms with Crippen molar-refractivity contribution in [2.45, 2.75) is 19.4 Å². The highest BCUT2D eigenvalue weighted by Crippen LogP contribution is 2.19. The molecule has 1 unspecified atom stereocenters. The second kappa shape index (κ2) is 12.3. The maximum atomic E-state index is 12.6. The molecule has 140 valence electrons. The summed E-state index contributed by atoms with van der Waals surface area (Å²) in [5, 5.41) is 12.7. The van der Waals surface area contributed by atoms with Crippen LogP contribution >= 0.6 is 12.4 Å². The van der Waals surface area contributed by atoms with Gasteiger partial charge in [0.05, 0.1) is 9.68 Å². The fraction of sp³-hybridized carbons (Fsp3) is 0.286. The molecule has 2 rings (SSSR count). The van der Waals surface area contributed by atoms with Gasteiger partial charge in [-0.15, -0.1) is 12.4 Å². The Morgan fingerprint density at radius 2 is 1.96 bits per heavy atom. The molecule has 0 spiro atoms. The average Bonchev–Trinajstić information content (AvgIpc) is 2.71. The van der Waals surface area contributed by atoms with Crippen LogP contribution in [0.2, 0.25) is 0 Å². The normalized spacial score (nSPS) is 16.9. The number of nitrogens with one attached hydrogen (secondary N) is 1. The highest BCUT2D eigenvalue weighted by atomic mass is 35.5. The molecular formula is C21H26ClNO3. The third-order valence-corrected chi connectivity index (χ3v) is 3.22. The lowest BCUT2D eigenvalue weighted by Crippen LogP contribution is -2.32. The van der Waals surface area contributed by atoms with Gasteiger partial charge in [0.2, 0.25) is 0 Å². The van der Waals surface area contributed by atoms with Gasteiger partial charge in [-0.2, -0.15) is 0 Å².